The van der Waals surface area contributed by atoms with Crippen LogP contribution in [-0.2, 0) is 21.2 Å². The van der Waals surface area contributed by atoms with Gasteiger partial charge in [-0.1, -0.05) is 30.3 Å². The van der Waals surface area contributed by atoms with Gasteiger partial charge in [-0.05, 0) is 24.3 Å². The molecule has 0 radical (unpaired) electrons. The smallest absolute Gasteiger partial charge is 0.223 e. The molecule has 4 rings (SSSR count). The van der Waals surface area contributed by atoms with Crippen LogP contribution in [0, 0.1) is 5.92 Å². The van der Waals surface area contributed by atoms with Crippen molar-refractivity contribution in [2.75, 3.05) is 24.6 Å². The van der Waals surface area contributed by atoms with E-state index in [1.54, 1.807) is 0 Å². The van der Waals surface area contributed by atoms with Crippen LogP contribution in [-0.4, -0.2) is 60.8 Å². The van der Waals surface area contributed by atoms with E-state index >= 15 is 0 Å². The fourth-order valence-corrected chi connectivity index (χ4v) is 6.05. The molecule has 1 amide bonds. The monoisotopic (exact) mass is 348 g/mol. The number of rotatable bonds is 4. The lowest BCUT2D eigenvalue weighted by molar-refractivity contribution is -0.137. The second-order valence-electron chi connectivity index (χ2n) is 7.40. The van der Waals surface area contributed by atoms with Crippen molar-refractivity contribution in [3.8, 4) is 0 Å². The lowest BCUT2D eigenvalue weighted by Crippen LogP contribution is -2.60. The fraction of sp³-hybridized carbons (Fsp3) is 0.611. The van der Waals surface area contributed by atoms with Gasteiger partial charge in [-0.2, -0.15) is 0 Å². The molecule has 0 bridgehead atoms. The second-order valence-corrected chi connectivity index (χ2v) is 9.56. The van der Waals surface area contributed by atoms with Crippen molar-refractivity contribution in [2.24, 2.45) is 5.92 Å². The first kappa shape index (κ1) is 16.1. The molecule has 1 aliphatic carbocycles. The molecule has 0 N–H and O–H groups in total. The van der Waals surface area contributed by atoms with Crippen molar-refractivity contribution in [1.29, 1.82) is 0 Å². The molecule has 1 saturated carbocycles. The number of sulfone groups is 1. The molecule has 1 aromatic rings. The highest BCUT2D eigenvalue weighted by Crippen LogP contribution is 2.35. The van der Waals surface area contributed by atoms with E-state index in [1.807, 2.05) is 23.1 Å². The Labute approximate surface area is 143 Å². The zero-order valence-electron chi connectivity index (χ0n) is 13.8. The minimum Gasteiger partial charge on any atom is -0.336 e. The SMILES string of the molecule is O=C(CC1CC1)N1CCN(Cc2ccccc2)[C@@H]2CS(=O)(=O)C[C@@H]21. The first-order chi connectivity index (χ1) is 11.5. The summed E-state index contributed by atoms with van der Waals surface area (Å²) in [6.45, 7) is 2.15. The van der Waals surface area contributed by atoms with Crippen molar-refractivity contribution in [3.63, 3.8) is 0 Å². The highest BCUT2D eigenvalue weighted by atomic mass is 32.2. The first-order valence-electron chi connectivity index (χ1n) is 8.80. The molecule has 130 valence electrons. The van der Waals surface area contributed by atoms with Gasteiger partial charge in [0, 0.05) is 32.1 Å². The summed E-state index contributed by atoms with van der Waals surface area (Å²) in [5, 5.41) is 0. The average Bonchev–Trinajstić information content (AvgIpc) is 3.28. The average molecular weight is 348 g/mol. The zero-order valence-corrected chi connectivity index (χ0v) is 14.6. The molecule has 0 unspecified atom stereocenters. The van der Waals surface area contributed by atoms with Crippen LogP contribution in [0.5, 0.6) is 0 Å². The number of hydrogen-bond donors (Lipinski definition) is 0. The number of carbonyl (C=O) groups excluding carboxylic acids is 1. The third-order valence-electron chi connectivity index (χ3n) is 5.50. The van der Waals surface area contributed by atoms with Gasteiger partial charge in [-0.3, -0.25) is 9.69 Å². The van der Waals surface area contributed by atoms with Gasteiger partial charge in [0.1, 0.15) is 0 Å². The number of hydrogen-bond acceptors (Lipinski definition) is 4. The van der Waals surface area contributed by atoms with Gasteiger partial charge in [-0.25, -0.2) is 8.42 Å². The summed E-state index contributed by atoms with van der Waals surface area (Å²) < 4.78 is 24.5. The first-order valence-corrected chi connectivity index (χ1v) is 10.6. The number of carbonyl (C=O) groups is 1. The Balaban J connectivity index is 1.52. The molecule has 1 aromatic carbocycles. The van der Waals surface area contributed by atoms with Gasteiger partial charge in [0.15, 0.2) is 9.84 Å². The van der Waals surface area contributed by atoms with Gasteiger partial charge in [0.2, 0.25) is 5.91 Å². The molecule has 6 heteroatoms. The zero-order chi connectivity index (χ0) is 16.7. The number of fused-ring (bicyclic) bond motifs is 1. The normalized spacial score (nSPS) is 29.4. The quantitative estimate of drug-likeness (QED) is 0.823. The molecule has 0 spiro atoms. The predicted molar refractivity (Wildman–Crippen MR) is 92.1 cm³/mol. The van der Waals surface area contributed by atoms with Crippen LogP contribution in [0.1, 0.15) is 24.8 Å². The Morgan fingerprint density at radius 2 is 1.75 bits per heavy atom. The Hall–Kier alpha value is -1.40. The van der Waals surface area contributed by atoms with Crippen molar-refractivity contribution >= 4 is 15.7 Å². The molecule has 2 saturated heterocycles. The third kappa shape index (κ3) is 3.35. The Morgan fingerprint density at radius 1 is 1.04 bits per heavy atom. The van der Waals surface area contributed by atoms with Crippen LogP contribution in [0.3, 0.4) is 0 Å². The van der Waals surface area contributed by atoms with Crippen molar-refractivity contribution in [3.05, 3.63) is 35.9 Å². The van der Waals surface area contributed by atoms with Crippen LogP contribution in [0.15, 0.2) is 30.3 Å². The fourth-order valence-electron chi connectivity index (χ4n) is 4.03. The summed E-state index contributed by atoms with van der Waals surface area (Å²) in [7, 11) is -3.07. The standard InChI is InChI=1S/C18H24N2O3S/c21-18(10-14-6-7-14)20-9-8-19(11-15-4-2-1-3-5-15)16-12-24(22,23)13-17(16)20/h1-5,14,16-17H,6-13H2/t16-,17+/m1/s1. The van der Waals surface area contributed by atoms with Crippen molar-refractivity contribution < 1.29 is 13.2 Å². The molecule has 5 nitrogen and oxygen atoms in total. The molecule has 0 aromatic heterocycles. The van der Waals surface area contributed by atoms with E-state index < -0.39 is 9.84 Å². The summed E-state index contributed by atoms with van der Waals surface area (Å²) in [6, 6.07) is 9.92. The van der Waals surface area contributed by atoms with Gasteiger partial charge in [0.25, 0.3) is 0 Å². The third-order valence-corrected chi connectivity index (χ3v) is 7.20. The minimum atomic E-state index is -3.07. The highest BCUT2D eigenvalue weighted by molar-refractivity contribution is 7.91. The van der Waals surface area contributed by atoms with Crippen molar-refractivity contribution in [1.82, 2.24) is 9.80 Å². The summed E-state index contributed by atoms with van der Waals surface area (Å²) in [6.07, 6.45) is 2.89. The second kappa shape index (κ2) is 6.15. The number of piperazine rings is 1. The van der Waals surface area contributed by atoms with E-state index in [4.69, 9.17) is 0 Å². The minimum absolute atomic E-state index is 0.0629. The van der Waals surface area contributed by atoms with Crippen molar-refractivity contribution in [2.45, 2.75) is 37.9 Å². The number of nitrogens with zero attached hydrogens (tertiary/aromatic N) is 2. The maximum Gasteiger partial charge on any atom is 0.223 e. The van der Waals surface area contributed by atoms with E-state index in [9.17, 15) is 13.2 Å². The predicted octanol–water partition coefficient (Wildman–Crippen LogP) is 1.30. The summed E-state index contributed by atoms with van der Waals surface area (Å²) in [5.74, 6) is 0.997. The van der Waals surface area contributed by atoms with Gasteiger partial charge in [-0.15, -0.1) is 0 Å². The number of benzene rings is 1. The number of amides is 1. The largest absolute Gasteiger partial charge is 0.336 e. The van der Waals surface area contributed by atoms with E-state index in [0.29, 0.717) is 18.9 Å². The van der Waals surface area contributed by atoms with Crippen LogP contribution in [0.4, 0.5) is 0 Å². The Morgan fingerprint density at radius 3 is 2.46 bits per heavy atom. The molecule has 2 atom stereocenters. The van der Waals surface area contributed by atoms with E-state index in [1.165, 1.54) is 5.56 Å². The summed E-state index contributed by atoms with van der Waals surface area (Å²) >= 11 is 0. The molecule has 24 heavy (non-hydrogen) atoms. The Kier molecular flexibility index (Phi) is 4.12. The van der Waals surface area contributed by atoms with E-state index in [0.717, 1.165) is 25.9 Å². The Bertz CT molecular complexity index is 715. The molecule has 3 aliphatic rings. The molecular weight excluding hydrogens is 324 g/mol. The maximum atomic E-state index is 12.6. The topological polar surface area (TPSA) is 57.7 Å². The van der Waals surface area contributed by atoms with Crippen LogP contribution in [0.25, 0.3) is 0 Å². The summed E-state index contributed by atoms with van der Waals surface area (Å²) in [4.78, 5) is 16.7. The van der Waals surface area contributed by atoms with Crippen LogP contribution < -0.4 is 0 Å². The van der Waals surface area contributed by atoms with E-state index in [2.05, 4.69) is 17.0 Å². The molecule has 3 fully saturated rings. The maximum absolute atomic E-state index is 12.6. The molecule has 2 heterocycles. The lowest BCUT2D eigenvalue weighted by atomic mass is 10.0. The lowest BCUT2D eigenvalue weighted by Gasteiger charge is -2.44. The van der Waals surface area contributed by atoms with Gasteiger partial charge < -0.3 is 4.90 Å². The van der Waals surface area contributed by atoms with Crippen LogP contribution >= 0.6 is 0 Å². The molecule has 2 aliphatic heterocycles. The molecular formula is C18H24N2O3S. The van der Waals surface area contributed by atoms with Gasteiger partial charge >= 0.3 is 0 Å². The van der Waals surface area contributed by atoms with Crippen LogP contribution in [0.2, 0.25) is 0 Å². The van der Waals surface area contributed by atoms with E-state index in [-0.39, 0.29) is 29.5 Å². The van der Waals surface area contributed by atoms with Gasteiger partial charge in [0.05, 0.1) is 17.5 Å². The summed E-state index contributed by atoms with van der Waals surface area (Å²) in [5.41, 5.74) is 1.19. The highest BCUT2D eigenvalue weighted by Gasteiger charge is 2.48.